The molecule has 2 N–H and O–H groups in total. The van der Waals surface area contributed by atoms with Crippen molar-refractivity contribution in [2.45, 2.75) is 19.4 Å². The Bertz CT molecular complexity index is 944. The maximum atomic E-state index is 12.1. The van der Waals surface area contributed by atoms with Crippen LogP contribution in [0.5, 0.6) is 0 Å². The lowest BCUT2D eigenvalue weighted by molar-refractivity contribution is 0.708. The Balaban J connectivity index is 0.00000121. The van der Waals surface area contributed by atoms with Crippen molar-refractivity contribution >= 4 is 52.2 Å². The summed E-state index contributed by atoms with van der Waals surface area (Å²) in [5, 5.41) is 5.28. The van der Waals surface area contributed by atoms with Gasteiger partial charge in [0, 0.05) is 25.6 Å². The first kappa shape index (κ1) is 20.6. The van der Waals surface area contributed by atoms with Crippen LogP contribution in [0.3, 0.4) is 0 Å². The fraction of sp³-hybridized carbons (Fsp3) is 0.375. The number of nitrogens with one attached hydrogen (secondary N) is 2. The van der Waals surface area contributed by atoms with Gasteiger partial charge in [-0.1, -0.05) is 0 Å². The summed E-state index contributed by atoms with van der Waals surface area (Å²) in [5.41, 5.74) is 2.96. The number of aromatic amines is 1. The van der Waals surface area contributed by atoms with Crippen LogP contribution in [0.1, 0.15) is 17.1 Å². The molecule has 3 aromatic rings. The van der Waals surface area contributed by atoms with Gasteiger partial charge in [-0.3, -0.25) is 4.79 Å². The van der Waals surface area contributed by atoms with Crippen molar-refractivity contribution < 1.29 is 0 Å². The highest BCUT2D eigenvalue weighted by Gasteiger charge is 2.17. The molecule has 0 saturated heterocycles. The molecule has 0 saturated carbocycles. The predicted octanol–water partition coefficient (Wildman–Crippen LogP) is 1.94. The average Bonchev–Trinajstić information content (AvgIpc) is 2.91. The van der Waals surface area contributed by atoms with Gasteiger partial charge in [-0.25, -0.2) is 15.0 Å². The van der Waals surface area contributed by atoms with Gasteiger partial charge in [0.05, 0.1) is 17.8 Å². The van der Waals surface area contributed by atoms with Crippen molar-refractivity contribution in [2.75, 3.05) is 25.0 Å². The average molecular weight is 415 g/mol. The third-order valence-corrected chi connectivity index (χ3v) is 5.12. The molecule has 0 atom stereocenters. The highest BCUT2D eigenvalue weighted by molar-refractivity contribution is 7.17. The highest BCUT2D eigenvalue weighted by Crippen LogP contribution is 2.22. The molecular formula is C16H20Cl2N6OS. The van der Waals surface area contributed by atoms with Gasteiger partial charge in [0.2, 0.25) is 0 Å². The summed E-state index contributed by atoms with van der Waals surface area (Å²) in [7, 11) is 1.97. The molecule has 10 heteroatoms. The second kappa shape index (κ2) is 8.77. The minimum atomic E-state index is -0.0795. The van der Waals surface area contributed by atoms with E-state index in [1.807, 2.05) is 23.4 Å². The van der Waals surface area contributed by atoms with E-state index in [0.29, 0.717) is 17.1 Å². The van der Waals surface area contributed by atoms with Gasteiger partial charge in [-0.15, -0.1) is 36.2 Å². The number of nitrogens with zero attached hydrogens (tertiary/aromatic N) is 4. The normalized spacial score (nSPS) is 13.3. The quantitative estimate of drug-likeness (QED) is 0.680. The zero-order chi connectivity index (χ0) is 16.5. The Morgan fingerprint density at radius 1 is 1.23 bits per heavy atom. The Morgan fingerprint density at radius 2 is 2.04 bits per heavy atom. The second-order valence-corrected chi connectivity index (χ2v) is 6.79. The van der Waals surface area contributed by atoms with Crippen molar-refractivity contribution in [1.29, 1.82) is 0 Å². The summed E-state index contributed by atoms with van der Waals surface area (Å²) >= 11 is 1.41. The van der Waals surface area contributed by atoms with E-state index >= 15 is 0 Å². The minimum absolute atomic E-state index is 0. The third-order valence-electron chi connectivity index (χ3n) is 4.21. The van der Waals surface area contributed by atoms with E-state index in [1.165, 1.54) is 16.9 Å². The maximum Gasteiger partial charge on any atom is 0.268 e. The standard InChI is InChI=1S/C16H18N6OS.2ClH/c1-22(8-13-20-12-4-7-24-14(12)16(23)21-13)15-10-2-5-17-6-3-11(10)18-9-19-15;;/h4,7,9,17H,2-3,5-6,8H2,1H3,(H,20,21,23);2*1H. The summed E-state index contributed by atoms with van der Waals surface area (Å²) < 4.78 is 0.670. The molecule has 4 heterocycles. The van der Waals surface area contributed by atoms with E-state index in [0.717, 1.165) is 43.0 Å². The minimum Gasteiger partial charge on any atom is -0.352 e. The van der Waals surface area contributed by atoms with Crippen LogP contribution in [0.2, 0.25) is 0 Å². The van der Waals surface area contributed by atoms with Gasteiger partial charge in [-0.05, 0) is 24.4 Å². The molecule has 0 unspecified atom stereocenters. The smallest absolute Gasteiger partial charge is 0.268 e. The zero-order valence-electron chi connectivity index (χ0n) is 14.2. The molecule has 0 fully saturated rings. The maximum absolute atomic E-state index is 12.1. The SMILES string of the molecule is CN(Cc1nc2ccsc2c(=O)[nH]1)c1ncnc2c1CCNCC2.Cl.Cl. The molecule has 0 aliphatic carbocycles. The highest BCUT2D eigenvalue weighted by atomic mass is 35.5. The molecule has 0 bridgehead atoms. The Morgan fingerprint density at radius 3 is 2.88 bits per heavy atom. The molecule has 3 aromatic heterocycles. The third kappa shape index (κ3) is 3.98. The van der Waals surface area contributed by atoms with Crippen LogP contribution in [-0.2, 0) is 19.4 Å². The number of thiophene rings is 1. The van der Waals surface area contributed by atoms with E-state index in [1.54, 1.807) is 6.33 Å². The molecule has 4 rings (SSSR count). The van der Waals surface area contributed by atoms with Crippen molar-refractivity contribution in [3.63, 3.8) is 0 Å². The first-order chi connectivity index (χ1) is 11.7. The number of hydrogen-bond acceptors (Lipinski definition) is 7. The monoisotopic (exact) mass is 414 g/mol. The van der Waals surface area contributed by atoms with Crippen LogP contribution in [0.25, 0.3) is 10.2 Å². The van der Waals surface area contributed by atoms with Gasteiger partial charge in [0.1, 0.15) is 22.7 Å². The summed E-state index contributed by atoms with van der Waals surface area (Å²) in [5.74, 6) is 1.56. The molecule has 0 radical (unpaired) electrons. The van der Waals surface area contributed by atoms with Crippen molar-refractivity contribution in [1.82, 2.24) is 25.3 Å². The van der Waals surface area contributed by atoms with Gasteiger partial charge in [0.25, 0.3) is 5.56 Å². The van der Waals surface area contributed by atoms with Gasteiger partial charge < -0.3 is 15.2 Å². The number of rotatable bonds is 3. The first-order valence-corrected chi connectivity index (χ1v) is 8.81. The fourth-order valence-electron chi connectivity index (χ4n) is 3.08. The molecule has 0 aromatic carbocycles. The Kier molecular flexibility index (Phi) is 6.94. The summed E-state index contributed by atoms with van der Waals surface area (Å²) in [6.45, 7) is 2.37. The first-order valence-electron chi connectivity index (χ1n) is 7.93. The van der Waals surface area contributed by atoms with Crippen LogP contribution < -0.4 is 15.8 Å². The van der Waals surface area contributed by atoms with E-state index in [9.17, 15) is 4.79 Å². The van der Waals surface area contributed by atoms with E-state index in [4.69, 9.17) is 0 Å². The van der Waals surface area contributed by atoms with Crippen molar-refractivity contribution in [2.24, 2.45) is 0 Å². The fourth-order valence-corrected chi connectivity index (χ4v) is 3.81. The predicted molar refractivity (Wildman–Crippen MR) is 109 cm³/mol. The van der Waals surface area contributed by atoms with E-state index < -0.39 is 0 Å². The zero-order valence-corrected chi connectivity index (χ0v) is 16.6. The molecule has 0 spiro atoms. The summed E-state index contributed by atoms with van der Waals surface area (Å²) in [6.07, 6.45) is 3.44. The molecule has 0 amide bonds. The van der Waals surface area contributed by atoms with Crippen molar-refractivity contribution in [3.8, 4) is 0 Å². The Hall–Kier alpha value is -1.74. The number of anilines is 1. The van der Waals surface area contributed by atoms with E-state index in [2.05, 4.69) is 25.3 Å². The van der Waals surface area contributed by atoms with Crippen molar-refractivity contribution in [3.05, 3.63) is 45.2 Å². The van der Waals surface area contributed by atoms with Crippen LogP contribution >= 0.6 is 36.2 Å². The number of hydrogen-bond donors (Lipinski definition) is 2. The van der Waals surface area contributed by atoms with Crippen LogP contribution in [0.15, 0.2) is 22.6 Å². The summed E-state index contributed by atoms with van der Waals surface area (Å²) in [6, 6.07) is 1.88. The number of halogens is 2. The summed E-state index contributed by atoms with van der Waals surface area (Å²) in [4.78, 5) is 30.5. The Labute approximate surface area is 167 Å². The number of aromatic nitrogens is 4. The molecule has 7 nitrogen and oxygen atoms in total. The van der Waals surface area contributed by atoms with E-state index in [-0.39, 0.29) is 30.4 Å². The van der Waals surface area contributed by atoms with Gasteiger partial charge >= 0.3 is 0 Å². The molecule has 140 valence electrons. The van der Waals surface area contributed by atoms with Crippen LogP contribution in [-0.4, -0.2) is 40.1 Å². The second-order valence-electron chi connectivity index (χ2n) is 5.88. The van der Waals surface area contributed by atoms with Gasteiger partial charge in [-0.2, -0.15) is 0 Å². The van der Waals surface area contributed by atoms with Crippen LogP contribution in [0.4, 0.5) is 5.82 Å². The lowest BCUT2D eigenvalue weighted by Gasteiger charge is -2.21. The number of fused-ring (bicyclic) bond motifs is 2. The topological polar surface area (TPSA) is 86.8 Å². The molecule has 1 aliphatic rings. The van der Waals surface area contributed by atoms with Gasteiger partial charge in [0.15, 0.2) is 0 Å². The van der Waals surface area contributed by atoms with Crippen LogP contribution in [0, 0.1) is 0 Å². The lowest BCUT2D eigenvalue weighted by Crippen LogP contribution is -2.24. The largest absolute Gasteiger partial charge is 0.352 e. The molecule has 1 aliphatic heterocycles. The molecular weight excluding hydrogens is 395 g/mol. The lowest BCUT2D eigenvalue weighted by atomic mass is 10.1. The number of H-pyrrole nitrogens is 1. The molecule has 26 heavy (non-hydrogen) atoms.